The van der Waals surface area contributed by atoms with Crippen molar-refractivity contribution in [1.82, 2.24) is 0 Å². The molecule has 0 aliphatic heterocycles. The molecule has 0 saturated carbocycles. The molecule has 0 aliphatic rings. The molecule has 7 rings (SSSR count). The molecule has 0 saturated heterocycles. The van der Waals surface area contributed by atoms with E-state index in [-0.39, 0.29) is 0 Å². The van der Waals surface area contributed by atoms with Gasteiger partial charge in [-0.1, -0.05) is 120 Å². The summed E-state index contributed by atoms with van der Waals surface area (Å²) < 4.78 is 0. The highest BCUT2D eigenvalue weighted by molar-refractivity contribution is 6.00. The molecule has 0 heteroatoms. The fourth-order valence-electron chi connectivity index (χ4n) is 6.21. The predicted octanol–water partition coefficient (Wildman–Crippen LogP) is 10.4. The van der Waals surface area contributed by atoms with Crippen LogP contribution in [0.1, 0.15) is 38.9 Å². The first-order chi connectivity index (χ1) is 19.0. The fraction of sp³-hybridized carbons (Fsp3) is 0.128. The van der Waals surface area contributed by atoms with E-state index in [2.05, 4.69) is 136 Å². The van der Waals surface area contributed by atoms with Gasteiger partial charge in [0.25, 0.3) is 0 Å². The van der Waals surface area contributed by atoms with Gasteiger partial charge in [-0.25, -0.2) is 0 Å². The normalized spacial score (nSPS) is 11.7. The van der Waals surface area contributed by atoms with Crippen LogP contribution in [-0.4, -0.2) is 0 Å². The fourth-order valence-corrected chi connectivity index (χ4v) is 6.21. The van der Waals surface area contributed by atoms with E-state index in [0.29, 0.717) is 0 Å². The lowest BCUT2D eigenvalue weighted by Gasteiger charge is -2.15. The molecule has 0 aliphatic carbocycles. The van der Waals surface area contributed by atoms with E-state index in [1.54, 1.807) is 0 Å². The molecule has 39 heavy (non-hydrogen) atoms. The third kappa shape index (κ3) is 4.47. The van der Waals surface area contributed by atoms with E-state index in [4.69, 9.17) is 0 Å². The first-order valence-electron chi connectivity index (χ1n) is 13.9. The molecule has 7 aromatic rings. The summed E-state index contributed by atoms with van der Waals surface area (Å²) >= 11 is 0. The van der Waals surface area contributed by atoms with Gasteiger partial charge in [0.05, 0.1) is 0 Å². The van der Waals surface area contributed by atoms with E-state index >= 15 is 0 Å². The highest BCUT2D eigenvalue weighted by atomic mass is 14.2. The van der Waals surface area contributed by atoms with E-state index < -0.39 is 0 Å². The molecule has 0 aromatic heterocycles. The predicted molar refractivity (Wildman–Crippen MR) is 169 cm³/mol. The Kier molecular flexibility index (Phi) is 5.71. The van der Waals surface area contributed by atoms with Gasteiger partial charge in [0.2, 0.25) is 0 Å². The number of hydrogen-bond donors (Lipinski definition) is 0. The molecule has 188 valence electrons. The Morgan fingerprint density at radius 3 is 1.79 bits per heavy atom. The maximum absolute atomic E-state index is 2.38. The molecule has 0 atom stereocenters. The molecule has 0 heterocycles. The highest BCUT2D eigenvalue weighted by Crippen LogP contribution is 2.32. The maximum atomic E-state index is 2.38. The largest absolute Gasteiger partial charge is 0.0613 e. The van der Waals surface area contributed by atoms with Crippen LogP contribution in [0.4, 0.5) is 0 Å². The first-order valence-corrected chi connectivity index (χ1v) is 13.9. The van der Waals surface area contributed by atoms with E-state index in [1.165, 1.54) is 82.0 Å². The minimum Gasteiger partial charge on any atom is -0.0613 e. The van der Waals surface area contributed by atoms with Gasteiger partial charge in [-0.3, -0.25) is 0 Å². The molecule has 0 unspecified atom stereocenters. The van der Waals surface area contributed by atoms with Crippen LogP contribution in [0.3, 0.4) is 0 Å². The first kappa shape index (κ1) is 23.7. The van der Waals surface area contributed by atoms with Gasteiger partial charge in [0, 0.05) is 0 Å². The van der Waals surface area contributed by atoms with Gasteiger partial charge >= 0.3 is 0 Å². The minimum absolute atomic E-state index is 0.920. The zero-order chi connectivity index (χ0) is 26.5. The minimum atomic E-state index is 0.920. The summed E-state index contributed by atoms with van der Waals surface area (Å²) in [6.45, 7) is 6.53. The summed E-state index contributed by atoms with van der Waals surface area (Å²) in [6, 6.07) is 43.5. The van der Waals surface area contributed by atoms with Gasteiger partial charge in [-0.2, -0.15) is 0 Å². The smallest absolute Gasteiger partial charge is 0.00135 e. The molecular weight excluding hydrogens is 468 g/mol. The monoisotopic (exact) mass is 500 g/mol. The molecule has 0 radical (unpaired) electrons. The van der Waals surface area contributed by atoms with Crippen LogP contribution in [0.2, 0.25) is 0 Å². The van der Waals surface area contributed by atoms with Crippen molar-refractivity contribution in [1.29, 1.82) is 0 Å². The highest BCUT2D eigenvalue weighted by Gasteiger charge is 2.11. The molecule has 0 fully saturated rings. The number of aryl methyl sites for hydroxylation is 3. The van der Waals surface area contributed by atoms with Crippen LogP contribution in [0.5, 0.6) is 0 Å². The Labute approximate surface area is 230 Å². The quantitative estimate of drug-likeness (QED) is 0.211. The summed E-state index contributed by atoms with van der Waals surface area (Å²) in [5.41, 5.74) is 9.44. The summed E-state index contributed by atoms with van der Waals surface area (Å²) in [7, 11) is 0. The van der Waals surface area contributed by atoms with Crippen molar-refractivity contribution in [3.63, 3.8) is 0 Å². The Morgan fingerprint density at radius 1 is 0.359 bits per heavy atom. The third-order valence-corrected chi connectivity index (χ3v) is 8.27. The van der Waals surface area contributed by atoms with Crippen molar-refractivity contribution in [3.8, 4) is 0 Å². The lowest BCUT2D eigenvalue weighted by molar-refractivity contribution is 1.19. The summed E-state index contributed by atoms with van der Waals surface area (Å²) in [5, 5.41) is 10.6. The Balaban J connectivity index is 1.30. The number of benzene rings is 7. The zero-order valence-corrected chi connectivity index (χ0v) is 22.9. The Bertz CT molecular complexity index is 2040. The second kappa shape index (κ2) is 9.40. The van der Waals surface area contributed by atoms with Gasteiger partial charge < -0.3 is 0 Å². The van der Waals surface area contributed by atoms with Gasteiger partial charge in [0.15, 0.2) is 0 Å². The van der Waals surface area contributed by atoms with Crippen molar-refractivity contribution in [2.75, 3.05) is 0 Å². The standard InChI is InChI=1S/C39H32/c1-25-7-11-30-20-28(10-13-29(30)17-25)21-34-14-15-35(37-16-9-27(3)19-39(34)37)23-33-6-4-5-32-22-31-12-8-26(2)18-36(31)24-38(32)33/h4-20,22,24H,21,23H2,1-3H3. The second-order valence-electron chi connectivity index (χ2n) is 11.3. The molecule has 7 aromatic carbocycles. The van der Waals surface area contributed by atoms with Crippen LogP contribution in [-0.2, 0) is 12.8 Å². The third-order valence-electron chi connectivity index (χ3n) is 8.27. The second-order valence-corrected chi connectivity index (χ2v) is 11.3. The molecule has 0 nitrogen and oxygen atoms in total. The molecule has 0 bridgehead atoms. The van der Waals surface area contributed by atoms with E-state index in [1.807, 2.05) is 0 Å². The SMILES string of the molecule is Cc1ccc2cc(Cc3ccc(Cc4cccc5cc6ccc(C)cc6cc45)c4ccc(C)cc34)ccc2c1. The van der Waals surface area contributed by atoms with Crippen LogP contribution in [0.15, 0.2) is 115 Å². The Hall–Kier alpha value is -4.42. The van der Waals surface area contributed by atoms with E-state index in [9.17, 15) is 0 Å². The average Bonchev–Trinajstić information content (AvgIpc) is 2.93. The van der Waals surface area contributed by atoms with E-state index in [0.717, 1.165) is 12.8 Å². The molecular formula is C39H32. The van der Waals surface area contributed by atoms with Crippen molar-refractivity contribution in [3.05, 3.63) is 154 Å². The number of rotatable bonds is 4. The van der Waals surface area contributed by atoms with Crippen LogP contribution < -0.4 is 0 Å². The summed E-state index contributed by atoms with van der Waals surface area (Å²) in [5.74, 6) is 0. The Morgan fingerprint density at radius 2 is 0.974 bits per heavy atom. The van der Waals surface area contributed by atoms with Crippen molar-refractivity contribution >= 4 is 43.1 Å². The van der Waals surface area contributed by atoms with Crippen molar-refractivity contribution in [2.45, 2.75) is 33.6 Å². The van der Waals surface area contributed by atoms with Gasteiger partial charge in [-0.05, 0) is 111 Å². The molecule has 0 amide bonds. The lowest BCUT2D eigenvalue weighted by Crippen LogP contribution is -1.96. The lowest BCUT2D eigenvalue weighted by atomic mass is 9.90. The zero-order valence-electron chi connectivity index (χ0n) is 22.9. The van der Waals surface area contributed by atoms with Gasteiger partial charge in [0.1, 0.15) is 0 Å². The number of hydrogen-bond acceptors (Lipinski definition) is 0. The topological polar surface area (TPSA) is 0 Å². The van der Waals surface area contributed by atoms with Crippen LogP contribution >= 0.6 is 0 Å². The average molecular weight is 501 g/mol. The molecule has 0 spiro atoms. The molecule has 0 N–H and O–H groups in total. The van der Waals surface area contributed by atoms with Crippen molar-refractivity contribution in [2.24, 2.45) is 0 Å². The maximum Gasteiger partial charge on any atom is -0.00135 e. The summed E-state index contributed by atoms with van der Waals surface area (Å²) in [4.78, 5) is 0. The number of fused-ring (bicyclic) bond motifs is 4. The van der Waals surface area contributed by atoms with Crippen LogP contribution in [0.25, 0.3) is 43.1 Å². The van der Waals surface area contributed by atoms with Gasteiger partial charge in [-0.15, -0.1) is 0 Å². The van der Waals surface area contributed by atoms with Crippen LogP contribution in [0, 0.1) is 20.8 Å². The van der Waals surface area contributed by atoms with Crippen molar-refractivity contribution < 1.29 is 0 Å². The summed E-state index contributed by atoms with van der Waals surface area (Å²) in [6.07, 6.45) is 1.85.